The molecule has 3 aromatic rings. The monoisotopic (exact) mass is 656 g/mol. The molecule has 1 unspecified atom stereocenters. The molecule has 0 radical (unpaired) electrons. The minimum atomic E-state index is -4.65. The SMILES string of the molecule is CC1CC(c2cccc(-n3cc4c(C(F)(F)F)cc(CN5CCC(C)(F)CC5)cn4c3=O)c2)(C2NNC3(CCCCCCC3)N2C)C1. The number of rotatable bonds is 5. The molecule has 2 N–H and O–H groups in total. The summed E-state index contributed by atoms with van der Waals surface area (Å²) in [6.07, 6.45) is 9.19. The fourth-order valence-electron chi connectivity index (χ4n) is 9.06. The molecule has 11 heteroatoms. The van der Waals surface area contributed by atoms with Crippen LogP contribution in [0.4, 0.5) is 17.6 Å². The van der Waals surface area contributed by atoms with Crippen molar-refractivity contribution in [1.82, 2.24) is 29.6 Å². The molecule has 7 nitrogen and oxygen atoms in total. The van der Waals surface area contributed by atoms with E-state index in [1.807, 2.05) is 17.0 Å². The van der Waals surface area contributed by atoms with E-state index in [-0.39, 0.29) is 29.3 Å². The number of nitrogens with zero attached hydrogens (tertiary/aromatic N) is 4. The van der Waals surface area contributed by atoms with E-state index in [1.165, 1.54) is 49.1 Å². The van der Waals surface area contributed by atoms with Gasteiger partial charge in [0.15, 0.2) is 0 Å². The van der Waals surface area contributed by atoms with Crippen LogP contribution in [0.1, 0.15) is 101 Å². The highest BCUT2D eigenvalue weighted by Crippen LogP contribution is 2.53. The van der Waals surface area contributed by atoms with Crippen LogP contribution < -0.4 is 16.5 Å². The summed E-state index contributed by atoms with van der Waals surface area (Å²) in [6, 6.07) is 8.97. The standard InChI is InChI=1S/C36H48F4N6O/c1-25-20-34(21-25,31-41-42-35(43(31)3)12-7-5-4-6-8-13-35)27-10-9-11-28(19-27)45-24-30-29(36(38,39)40)18-26(23-46(30)32(45)47)22-44-16-14-33(2,37)15-17-44/h9-11,18-19,23-25,31,41-42H,4-8,12-17,20-22H2,1-3H3. The van der Waals surface area contributed by atoms with Crippen LogP contribution in [0, 0.1) is 5.92 Å². The quantitative estimate of drug-likeness (QED) is 0.293. The van der Waals surface area contributed by atoms with E-state index in [0.29, 0.717) is 43.1 Å². The lowest BCUT2D eigenvalue weighted by Gasteiger charge is -2.53. The predicted molar refractivity (Wildman–Crippen MR) is 175 cm³/mol. The van der Waals surface area contributed by atoms with E-state index < -0.39 is 23.1 Å². The van der Waals surface area contributed by atoms with E-state index in [9.17, 15) is 22.4 Å². The second-order valence-electron chi connectivity index (χ2n) is 15.3. The Balaban J connectivity index is 1.23. The molecule has 2 aliphatic carbocycles. The molecule has 47 heavy (non-hydrogen) atoms. The average Bonchev–Trinajstić information content (AvgIpc) is 3.50. The number of likely N-dealkylation sites (tertiary alicyclic amines) is 1. The van der Waals surface area contributed by atoms with Crippen LogP contribution in [0.15, 0.2) is 47.5 Å². The van der Waals surface area contributed by atoms with Crippen molar-refractivity contribution in [2.24, 2.45) is 5.92 Å². The van der Waals surface area contributed by atoms with Crippen molar-refractivity contribution in [3.63, 3.8) is 0 Å². The minimum Gasteiger partial charge on any atom is -0.299 e. The van der Waals surface area contributed by atoms with E-state index in [1.54, 1.807) is 13.0 Å². The molecule has 1 aromatic carbocycles. The maximum Gasteiger partial charge on any atom is 0.418 e. The normalized spacial score (nSPS) is 28.7. The summed E-state index contributed by atoms with van der Waals surface area (Å²) >= 11 is 0. The summed E-state index contributed by atoms with van der Waals surface area (Å²) in [6.45, 7) is 4.96. The van der Waals surface area contributed by atoms with Crippen LogP contribution >= 0.6 is 0 Å². The van der Waals surface area contributed by atoms with Crippen molar-refractivity contribution in [1.29, 1.82) is 0 Å². The van der Waals surface area contributed by atoms with E-state index in [2.05, 4.69) is 35.8 Å². The molecule has 2 saturated heterocycles. The number of imidazole rings is 1. The maximum absolute atomic E-state index is 14.4. The number of halogens is 4. The molecule has 2 aromatic heterocycles. The average molecular weight is 657 g/mol. The molecular weight excluding hydrogens is 608 g/mol. The summed E-state index contributed by atoms with van der Waals surface area (Å²) in [5.74, 6) is 0.536. The van der Waals surface area contributed by atoms with Crippen LogP contribution in [0.25, 0.3) is 11.2 Å². The Kier molecular flexibility index (Phi) is 8.37. The van der Waals surface area contributed by atoms with Crippen LogP contribution in [0.5, 0.6) is 0 Å². The van der Waals surface area contributed by atoms with Crippen LogP contribution in [0.3, 0.4) is 0 Å². The molecule has 1 spiro atoms. The largest absolute Gasteiger partial charge is 0.418 e. The number of benzene rings is 1. The van der Waals surface area contributed by atoms with E-state index >= 15 is 0 Å². The fourth-order valence-corrected chi connectivity index (χ4v) is 9.06. The second kappa shape index (κ2) is 12.0. The first kappa shape index (κ1) is 32.8. The lowest BCUT2D eigenvalue weighted by Crippen LogP contribution is -2.60. The van der Waals surface area contributed by atoms with Gasteiger partial charge in [0, 0.05) is 37.4 Å². The number of likely N-dealkylation sites (N-methyl/N-ethyl adjacent to an activating group) is 1. The Hall–Kier alpha value is -2.73. The highest BCUT2D eigenvalue weighted by molar-refractivity contribution is 5.58. The molecule has 4 fully saturated rings. The molecule has 0 bridgehead atoms. The molecule has 4 heterocycles. The van der Waals surface area contributed by atoms with Crippen LogP contribution in [-0.4, -0.2) is 56.4 Å². The van der Waals surface area contributed by atoms with E-state index in [0.717, 1.165) is 41.7 Å². The van der Waals surface area contributed by atoms with Crippen LogP contribution in [0.2, 0.25) is 0 Å². The summed E-state index contributed by atoms with van der Waals surface area (Å²) < 4.78 is 60.1. The van der Waals surface area contributed by atoms with Gasteiger partial charge in [-0.1, -0.05) is 51.2 Å². The first-order chi connectivity index (χ1) is 22.3. The second-order valence-corrected chi connectivity index (χ2v) is 15.3. The number of hydrogen-bond acceptors (Lipinski definition) is 5. The Morgan fingerprint density at radius 3 is 2.30 bits per heavy atom. The van der Waals surface area contributed by atoms with Gasteiger partial charge in [0.1, 0.15) is 5.67 Å². The summed E-state index contributed by atoms with van der Waals surface area (Å²) in [7, 11) is 2.22. The first-order valence-electron chi connectivity index (χ1n) is 17.4. The maximum atomic E-state index is 14.4. The van der Waals surface area contributed by atoms with Crippen molar-refractivity contribution in [2.75, 3.05) is 20.1 Å². The van der Waals surface area contributed by atoms with Gasteiger partial charge < -0.3 is 0 Å². The Labute approximate surface area is 274 Å². The smallest absolute Gasteiger partial charge is 0.299 e. The number of nitrogens with one attached hydrogen (secondary N) is 2. The molecular formula is C36H48F4N6O. The first-order valence-corrected chi connectivity index (χ1v) is 17.4. The van der Waals surface area contributed by atoms with Gasteiger partial charge in [0.05, 0.1) is 28.6 Å². The van der Waals surface area contributed by atoms with E-state index in [4.69, 9.17) is 0 Å². The fraction of sp³-hybridized carbons (Fsp3) is 0.639. The lowest BCUT2D eigenvalue weighted by atomic mass is 9.57. The number of pyridine rings is 1. The molecule has 0 amide bonds. The highest BCUT2D eigenvalue weighted by Gasteiger charge is 2.57. The summed E-state index contributed by atoms with van der Waals surface area (Å²) in [4.78, 5) is 18.3. The Morgan fingerprint density at radius 2 is 1.64 bits per heavy atom. The van der Waals surface area contributed by atoms with Gasteiger partial charge in [-0.2, -0.15) is 13.2 Å². The highest BCUT2D eigenvalue weighted by atomic mass is 19.4. The third-order valence-electron chi connectivity index (χ3n) is 11.8. The zero-order valence-corrected chi connectivity index (χ0v) is 27.8. The minimum absolute atomic E-state index is 0.0441. The van der Waals surface area contributed by atoms with Gasteiger partial charge in [0.2, 0.25) is 0 Å². The van der Waals surface area contributed by atoms with Crippen molar-refractivity contribution >= 4 is 5.52 Å². The van der Waals surface area contributed by atoms with Crippen molar-refractivity contribution in [3.8, 4) is 5.69 Å². The van der Waals surface area contributed by atoms with Gasteiger partial charge >= 0.3 is 11.9 Å². The topological polar surface area (TPSA) is 57.0 Å². The zero-order valence-electron chi connectivity index (χ0n) is 27.8. The van der Waals surface area contributed by atoms with Crippen molar-refractivity contribution in [3.05, 3.63) is 69.9 Å². The molecule has 2 aliphatic heterocycles. The zero-order chi connectivity index (χ0) is 33.2. The number of hydrogen-bond donors (Lipinski definition) is 2. The van der Waals surface area contributed by atoms with Crippen molar-refractivity contribution < 1.29 is 17.6 Å². The summed E-state index contributed by atoms with van der Waals surface area (Å²) in [5, 5.41) is 0. The lowest BCUT2D eigenvalue weighted by molar-refractivity contribution is -0.136. The molecule has 256 valence electrons. The summed E-state index contributed by atoms with van der Waals surface area (Å²) in [5.41, 5.74) is 6.31. The third kappa shape index (κ3) is 5.95. The van der Waals surface area contributed by atoms with Gasteiger partial charge in [-0.05, 0) is 87.7 Å². The van der Waals surface area contributed by atoms with Gasteiger partial charge in [-0.25, -0.2) is 20.0 Å². The van der Waals surface area contributed by atoms with Gasteiger partial charge in [-0.3, -0.25) is 18.8 Å². The van der Waals surface area contributed by atoms with Gasteiger partial charge in [0.25, 0.3) is 0 Å². The van der Waals surface area contributed by atoms with Crippen molar-refractivity contribution in [2.45, 2.75) is 120 Å². The number of piperidine rings is 1. The molecule has 2 saturated carbocycles. The number of aromatic nitrogens is 2. The Bertz CT molecular complexity index is 1650. The number of alkyl halides is 4. The number of hydrazine groups is 1. The molecule has 1 atom stereocenters. The molecule has 4 aliphatic rings. The van der Waals surface area contributed by atoms with Gasteiger partial charge in [-0.15, -0.1) is 0 Å². The predicted octanol–water partition coefficient (Wildman–Crippen LogP) is 6.91. The number of fused-ring (bicyclic) bond motifs is 1. The molecule has 7 rings (SSSR count). The Morgan fingerprint density at radius 1 is 0.957 bits per heavy atom. The third-order valence-corrected chi connectivity index (χ3v) is 11.8. The van der Waals surface area contributed by atoms with Crippen LogP contribution in [-0.2, 0) is 18.1 Å².